The van der Waals surface area contributed by atoms with Crippen LogP contribution in [0.15, 0.2) is 66.0 Å². The highest BCUT2D eigenvalue weighted by atomic mass is 35.5. The van der Waals surface area contributed by atoms with E-state index in [1.54, 1.807) is 23.0 Å². The lowest BCUT2D eigenvalue weighted by atomic mass is 10.1. The predicted molar refractivity (Wildman–Crippen MR) is 128 cm³/mol. The Labute approximate surface area is 203 Å². The zero-order valence-electron chi connectivity index (χ0n) is 17.7. The first-order valence-corrected chi connectivity index (χ1v) is 10.7. The van der Waals surface area contributed by atoms with Crippen molar-refractivity contribution >= 4 is 41.0 Å². The summed E-state index contributed by atoms with van der Waals surface area (Å²) in [5.41, 5.74) is 4.46. The zero-order chi connectivity index (χ0) is 24.2. The fourth-order valence-electron chi connectivity index (χ4n) is 3.24. The number of hydrogen-bond donors (Lipinski definition) is 1. The Morgan fingerprint density at radius 1 is 1.18 bits per heavy atom. The highest BCUT2D eigenvalue weighted by Crippen LogP contribution is 2.24. The van der Waals surface area contributed by atoms with Crippen LogP contribution in [-0.4, -0.2) is 36.6 Å². The average molecular weight is 498 g/mol. The second-order valence-corrected chi connectivity index (χ2v) is 8.07. The Morgan fingerprint density at radius 3 is 2.65 bits per heavy atom. The number of rotatable bonds is 7. The van der Waals surface area contributed by atoms with Gasteiger partial charge in [0.2, 0.25) is 5.69 Å². The monoisotopic (exact) mass is 497 g/mol. The summed E-state index contributed by atoms with van der Waals surface area (Å²) in [5, 5.41) is 24.7. The zero-order valence-corrected chi connectivity index (χ0v) is 19.2. The fourth-order valence-corrected chi connectivity index (χ4v) is 3.71. The molecule has 12 heteroatoms. The summed E-state index contributed by atoms with van der Waals surface area (Å²) in [5.74, 6) is -0.801. The first-order chi connectivity index (χ1) is 16.3. The van der Waals surface area contributed by atoms with Crippen LogP contribution in [0, 0.1) is 10.1 Å². The molecule has 0 aliphatic heterocycles. The minimum absolute atomic E-state index is 0.332. The second kappa shape index (κ2) is 9.86. The van der Waals surface area contributed by atoms with Crippen LogP contribution in [-0.2, 0) is 13.6 Å². The van der Waals surface area contributed by atoms with E-state index < -0.39 is 16.5 Å². The summed E-state index contributed by atoms with van der Waals surface area (Å²) in [6.45, 7) is 0.385. The van der Waals surface area contributed by atoms with Gasteiger partial charge < -0.3 is 0 Å². The number of carbonyl (C=O) groups is 1. The fraction of sp³-hybridized carbons (Fsp3) is 0.0909. The average Bonchev–Trinajstić information content (AvgIpc) is 3.40. The molecule has 4 aromatic rings. The van der Waals surface area contributed by atoms with E-state index in [2.05, 4.69) is 20.7 Å². The first-order valence-electron chi connectivity index (χ1n) is 9.90. The van der Waals surface area contributed by atoms with E-state index in [9.17, 15) is 14.9 Å². The molecule has 34 heavy (non-hydrogen) atoms. The van der Waals surface area contributed by atoms with Crippen LogP contribution < -0.4 is 5.43 Å². The molecule has 2 aromatic carbocycles. The van der Waals surface area contributed by atoms with Crippen LogP contribution in [0.3, 0.4) is 0 Å². The number of nitrogens with one attached hydrogen (secondary N) is 1. The smallest absolute Gasteiger partial charge is 0.268 e. The largest absolute Gasteiger partial charge is 0.320 e. The van der Waals surface area contributed by atoms with Gasteiger partial charge in [0.05, 0.1) is 17.7 Å². The number of hydrogen-bond acceptors (Lipinski definition) is 6. The standard InChI is InChI=1S/C22H17Cl2N7O3/c1-29-13-19(31(33)34)21(27-29)22(32)26-25-10-16-12-30(11-15-7-8-17(23)9-18(15)24)28-20(16)14-5-3-2-4-6-14/h2-10,12-13H,11H2,1H3,(H,26,32). The topological polar surface area (TPSA) is 120 Å². The van der Waals surface area contributed by atoms with Crippen LogP contribution >= 0.6 is 23.2 Å². The Kier molecular flexibility index (Phi) is 6.71. The molecule has 10 nitrogen and oxygen atoms in total. The van der Waals surface area contributed by atoms with Crippen molar-refractivity contribution in [2.45, 2.75) is 6.54 Å². The Bertz CT molecular complexity index is 1400. The third kappa shape index (κ3) is 5.13. The molecular formula is C22H17Cl2N7O3. The van der Waals surface area contributed by atoms with Gasteiger partial charge in [-0.05, 0) is 17.7 Å². The summed E-state index contributed by atoms with van der Waals surface area (Å²) in [4.78, 5) is 22.9. The Hall–Kier alpha value is -4.02. The van der Waals surface area contributed by atoms with E-state index in [4.69, 9.17) is 23.2 Å². The number of hydrazone groups is 1. The molecule has 0 fully saturated rings. The molecule has 172 valence electrons. The van der Waals surface area contributed by atoms with Crippen molar-refractivity contribution in [3.8, 4) is 11.3 Å². The van der Waals surface area contributed by atoms with Gasteiger partial charge in [0.15, 0.2) is 0 Å². The highest BCUT2D eigenvalue weighted by molar-refractivity contribution is 6.35. The van der Waals surface area contributed by atoms with E-state index in [1.165, 1.54) is 17.9 Å². The number of nitro groups is 1. The molecule has 4 rings (SSSR count). The molecule has 2 aromatic heterocycles. The summed E-state index contributed by atoms with van der Waals surface area (Å²) in [7, 11) is 1.49. The summed E-state index contributed by atoms with van der Waals surface area (Å²) in [6, 6.07) is 14.7. The maximum atomic E-state index is 12.4. The lowest BCUT2D eigenvalue weighted by Gasteiger charge is -2.05. The maximum absolute atomic E-state index is 12.4. The minimum Gasteiger partial charge on any atom is -0.268 e. The number of halogens is 2. The number of aryl methyl sites for hydroxylation is 1. The molecule has 0 aliphatic rings. The van der Waals surface area contributed by atoms with Crippen LogP contribution in [0.25, 0.3) is 11.3 Å². The molecule has 0 spiro atoms. The van der Waals surface area contributed by atoms with Gasteiger partial charge in [0, 0.05) is 34.4 Å². The van der Waals surface area contributed by atoms with Gasteiger partial charge in [-0.2, -0.15) is 15.3 Å². The molecule has 0 aliphatic carbocycles. The third-order valence-corrected chi connectivity index (χ3v) is 5.36. The molecule has 1 amide bonds. The molecule has 0 bridgehead atoms. The predicted octanol–water partition coefficient (Wildman–Crippen LogP) is 4.31. The van der Waals surface area contributed by atoms with Crippen molar-refractivity contribution in [3.05, 3.63) is 97.9 Å². The highest BCUT2D eigenvalue weighted by Gasteiger charge is 2.24. The lowest BCUT2D eigenvalue weighted by molar-refractivity contribution is -0.385. The van der Waals surface area contributed by atoms with Crippen molar-refractivity contribution in [3.63, 3.8) is 0 Å². The van der Waals surface area contributed by atoms with Gasteiger partial charge in [0.1, 0.15) is 11.9 Å². The Morgan fingerprint density at radius 2 is 1.94 bits per heavy atom. The van der Waals surface area contributed by atoms with E-state index in [1.807, 2.05) is 36.4 Å². The SMILES string of the molecule is Cn1cc([N+](=O)[O-])c(C(=O)NN=Cc2cn(Cc3ccc(Cl)cc3Cl)nc2-c2ccccc2)n1. The minimum atomic E-state index is -0.801. The number of amides is 1. The van der Waals surface area contributed by atoms with Crippen molar-refractivity contribution < 1.29 is 9.72 Å². The van der Waals surface area contributed by atoms with Gasteiger partial charge in [-0.15, -0.1) is 0 Å². The Balaban J connectivity index is 1.60. The second-order valence-electron chi connectivity index (χ2n) is 7.23. The van der Waals surface area contributed by atoms with E-state index >= 15 is 0 Å². The van der Waals surface area contributed by atoms with Gasteiger partial charge in [-0.3, -0.25) is 24.3 Å². The third-order valence-electron chi connectivity index (χ3n) is 4.78. The van der Waals surface area contributed by atoms with Gasteiger partial charge in [-0.25, -0.2) is 5.43 Å². The molecular weight excluding hydrogens is 481 g/mol. The molecule has 0 radical (unpaired) electrons. The van der Waals surface area contributed by atoms with E-state index in [0.29, 0.717) is 27.8 Å². The normalized spacial score (nSPS) is 11.1. The van der Waals surface area contributed by atoms with Crippen LogP contribution in [0.5, 0.6) is 0 Å². The maximum Gasteiger partial charge on any atom is 0.320 e. The number of benzene rings is 2. The number of aromatic nitrogens is 4. The lowest BCUT2D eigenvalue weighted by Crippen LogP contribution is -2.19. The van der Waals surface area contributed by atoms with Crippen LogP contribution in [0.4, 0.5) is 5.69 Å². The van der Waals surface area contributed by atoms with Crippen molar-refractivity contribution in [1.82, 2.24) is 25.0 Å². The molecule has 0 saturated heterocycles. The van der Waals surface area contributed by atoms with Crippen molar-refractivity contribution in [1.29, 1.82) is 0 Å². The summed E-state index contributed by atoms with van der Waals surface area (Å²) < 4.78 is 2.89. The van der Waals surface area contributed by atoms with Crippen molar-refractivity contribution in [2.75, 3.05) is 0 Å². The van der Waals surface area contributed by atoms with Gasteiger partial charge in [-0.1, -0.05) is 59.6 Å². The molecule has 0 saturated carbocycles. The van der Waals surface area contributed by atoms with Gasteiger partial charge in [0.25, 0.3) is 5.91 Å². The summed E-state index contributed by atoms with van der Waals surface area (Å²) in [6.07, 6.45) is 4.33. The van der Waals surface area contributed by atoms with Gasteiger partial charge >= 0.3 is 5.69 Å². The number of carbonyl (C=O) groups excluding carboxylic acids is 1. The van der Waals surface area contributed by atoms with Crippen LogP contribution in [0.1, 0.15) is 21.6 Å². The molecule has 1 N–H and O–H groups in total. The van der Waals surface area contributed by atoms with Crippen LogP contribution in [0.2, 0.25) is 10.0 Å². The van der Waals surface area contributed by atoms with E-state index in [-0.39, 0.29) is 5.69 Å². The van der Waals surface area contributed by atoms with E-state index in [0.717, 1.165) is 17.3 Å². The summed E-state index contributed by atoms with van der Waals surface area (Å²) >= 11 is 12.3. The first kappa shape index (κ1) is 23.1. The molecule has 0 unspecified atom stereocenters. The molecule has 2 heterocycles. The number of nitrogens with zero attached hydrogens (tertiary/aromatic N) is 6. The quantitative estimate of drug-likeness (QED) is 0.231. The van der Waals surface area contributed by atoms with Crippen molar-refractivity contribution in [2.24, 2.45) is 12.1 Å². The molecule has 0 atom stereocenters.